The van der Waals surface area contributed by atoms with E-state index in [2.05, 4.69) is 62.5 Å². The van der Waals surface area contributed by atoms with E-state index in [9.17, 15) is 121 Å². The van der Waals surface area contributed by atoms with Gasteiger partial charge in [0.05, 0.1) is 39.6 Å². The van der Waals surface area contributed by atoms with Crippen LogP contribution in [0, 0.1) is 0 Å². The minimum atomic E-state index is -5.87. The molecule has 5 saturated heterocycles. The van der Waals surface area contributed by atoms with Crippen molar-refractivity contribution in [2.24, 2.45) is 0 Å². The Balaban J connectivity index is 1.14. The van der Waals surface area contributed by atoms with Gasteiger partial charge in [-0.3, -0.25) is 18.6 Å². The molecule has 0 aromatic heterocycles. The van der Waals surface area contributed by atoms with Crippen molar-refractivity contribution in [3.05, 3.63) is 48.6 Å². The second-order valence-electron chi connectivity index (χ2n) is 29.0. The number of phosphoric acid groups is 1. The third-order valence-corrected chi connectivity index (χ3v) is 21.1. The van der Waals surface area contributed by atoms with E-state index in [1.807, 2.05) is 0 Å². The molecule has 14 unspecified atom stereocenters. The first-order chi connectivity index (χ1) is 53.5. The molecule has 33 atom stereocenters. The van der Waals surface area contributed by atoms with Crippen LogP contribution in [0.1, 0.15) is 155 Å². The van der Waals surface area contributed by atoms with Crippen LogP contribution >= 0.6 is 7.82 Å². The number of carbonyl (C=O) groups excluding carboxylic acids is 2. The number of carbonyl (C=O) groups is 2. The smallest absolute Gasteiger partial charge is 0.462 e. The fourth-order valence-corrected chi connectivity index (χ4v) is 14.2. The van der Waals surface area contributed by atoms with Gasteiger partial charge in [-0.05, 0) is 70.6 Å². The predicted molar refractivity (Wildman–Crippen MR) is 384 cm³/mol. The zero-order valence-electron chi connectivity index (χ0n) is 63.4. The number of aliphatic hydroxyl groups excluding tert-OH is 20. The van der Waals surface area contributed by atoms with E-state index in [1.165, 1.54) is 19.3 Å². The van der Waals surface area contributed by atoms with Gasteiger partial charge in [0, 0.05) is 12.8 Å². The van der Waals surface area contributed by atoms with Crippen LogP contribution < -0.4 is 0 Å². The van der Waals surface area contributed by atoms with Crippen molar-refractivity contribution in [2.75, 3.05) is 46.2 Å². The molecule has 21 N–H and O–H groups in total. The lowest BCUT2D eigenvalue weighted by molar-refractivity contribution is -0.365. The van der Waals surface area contributed by atoms with Crippen LogP contribution in [-0.2, 0) is 80.0 Å². The van der Waals surface area contributed by atoms with Crippen molar-refractivity contribution < 1.29 is 187 Å². The van der Waals surface area contributed by atoms with Crippen LogP contribution in [0.4, 0.5) is 0 Å². The van der Waals surface area contributed by atoms with Crippen LogP contribution in [0.15, 0.2) is 48.6 Å². The summed E-state index contributed by atoms with van der Waals surface area (Å²) in [4.78, 5) is 38.3. The number of phosphoric ester groups is 1. The molecule has 5 aliphatic heterocycles. The minimum absolute atomic E-state index is 0.0433. The monoisotopic (exact) mass is 1640 g/mol. The minimum Gasteiger partial charge on any atom is -0.462 e. The highest BCUT2D eigenvalue weighted by Gasteiger charge is 2.59. The number of rotatable bonds is 49. The molecule has 6 rings (SSSR count). The van der Waals surface area contributed by atoms with E-state index in [0.717, 1.165) is 83.5 Å². The SMILES string of the molecule is CCC/C=C\C/C=C\CCCCCCCC(=O)O[C@H](COC(=O)CCCCCCC/C=C\C/C=C\CCCCC)COP(=O)(O)O[C@@H]1C(O[C@@H]2OC(CO[C@@H]3OC(CO[C@@H]4OC(CO[C@@H]5OC(CO)[C@H](O)C(O)[C@@H]5O)[C@H](O)C(O)[C@@H]4O)[C@H](O)C(O)[C@@H]3O)[C@H](O)C(O)[C@@H]2O)C(O)[C@@H](O)C(O)[C@H]1O[C@H]1OC(CO)[C@@H](O)C(O)[C@H]1O. The highest BCUT2D eigenvalue weighted by atomic mass is 31.2. The Morgan fingerprint density at radius 1 is 0.357 bits per heavy atom. The molecule has 1 aliphatic carbocycles. The van der Waals surface area contributed by atoms with Crippen molar-refractivity contribution in [1.29, 1.82) is 0 Å². The molecule has 6 fully saturated rings. The van der Waals surface area contributed by atoms with E-state index in [4.69, 9.17) is 65.9 Å². The first-order valence-electron chi connectivity index (χ1n) is 39.0. The lowest BCUT2D eigenvalue weighted by atomic mass is 9.84. The number of aliphatic hydroxyl groups is 20. The lowest BCUT2D eigenvalue weighted by Crippen LogP contribution is -2.69. The predicted octanol–water partition coefficient (Wildman–Crippen LogP) is -3.27. The van der Waals surface area contributed by atoms with Gasteiger partial charge in [-0.1, -0.05) is 120 Å². The van der Waals surface area contributed by atoms with Gasteiger partial charge in [-0.25, -0.2) is 4.57 Å². The number of esters is 2. The van der Waals surface area contributed by atoms with Crippen LogP contribution in [-0.4, -0.2) is 361 Å². The van der Waals surface area contributed by atoms with E-state index < -0.39 is 262 Å². The quantitative estimate of drug-likeness (QED) is 0.0123. The Hall–Kier alpha value is -3.19. The van der Waals surface area contributed by atoms with Crippen molar-refractivity contribution in [3.8, 4) is 0 Å². The molecule has 0 spiro atoms. The third-order valence-electron chi connectivity index (χ3n) is 20.1. The maximum atomic E-state index is 14.5. The van der Waals surface area contributed by atoms with Crippen molar-refractivity contribution in [3.63, 3.8) is 0 Å². The van der Waals surface area contributed by atoms with E-state index in [-0.39, 0.29) is 12.8 Å². The summed E-state index contributed by atoms with van der Waals surface area (Å²) < 4.78 is 92.8. The van der Waals surface area contributed by atoms with Gasteiger partial charge >= 0.3 is 19.8 Å². The summed E-state index contributed by atoms with van der Waals surface area (Å²) in [6.45, 7) is -2.06. The second kappa shape index (κ2) is 50.7. The van der Waals surface area contributed by atoms with Gasteiger partial charge in [0.25, 0.3) is 0 Å². The van der Waals surface area contributed by atoms with E-state index in [1.54, 1.807) is 0 Å². The first-order valence-corrected chi connectivity index (χ1v) is 40.5. The topological polar surface area (TPSA) is 605 Å². The zero-order valence-corrected chi connectivity index (χ0v) is 64.3. The average Bonchev–Trinajstić information content (AvgIpc) is 0.759. The van der Waals surface area contributed by atoms with E-state index in [0.29, 0.717) is 25.7 Å². The number of hydrogen-bond donors (Lipinski definition) is 21. The molecule has 6 aliphatic rings. The molecule has 0 amide bonds. The number of hydrogen-bond acceptors (Lipinski definition) is 37. The third kappa shape index (κ3) is 30.0. The summed E-state index contributed by atoms with van der Waals surface area (Å²) in [5.74, 6) is -1.52. The van der Waals surface area contributed by atoms with Crippen LogP contribution in [0.3, 0.4) is 0 Å². The molecule has 650 valence electrons. The van der Waals surface area contributed by atoms with Crippen molar-refractivity contribution in [2.45, 2.75) is 351 Å². The summed E-state index contributed by atoms with van der Waals surface area (Å²) in [5.41, 5.74) is 0. The van der Waals surface area contributed by atoms with Gasteiger partial charge in [0.1, 0.15) is 165 Å². The molecule has 112 heavy (non-hydrogen) atoms. The largest absolute Gasteiger partial charge is 0.472 e. The van der Waals surface area contributed by atoms with Crippen LogP contribution in [0.5, 0.6) is 0 Å². The maximum Gasteiger partial charge on any atom is 0.472 e. The number of unbranched alkanes of at least 4 members (excludes halogenated alkanes) is 14. The molecule has 0 radical (unpaired) electrons. The lowest BCUT2D eigenvalue weighted by Gasteiger charge is -2.49. The summed E-state index contributed by atoms with van der Waals surface area (Å²) in [7, 11) is -5.87. The maximum absolute atomic E-state index is 14.5. The molecule has 0 bridgehead atoms. The molecular weight excluding hydrogens is 1520 g/mol. The molecule has 38 nitrogen and oxygen atoms in total. The van der Waals surface area contributed by atoms with Gasteiger partial charge in [-0.2, -0.15) is 0 Å². The molecular formula is C73H125O38P. The number of allylic oxidation sites excluding steroid dienone is 8. The van der Waals surface area contributed by atoms with Gasteiger partial charge in [0.2, 0.25) is 0 Å². The standard InChI is InChI=1S/C73H125O38P/c1-3-5-7-9-11-13-15-17-18-20-21-23-25-27-29-31-46(76)98-35-40(103-47(77)32-30-28-26-24-22-19-16-14-12-10-8-6-4-2)36-102-112(96,97)111-68-66(109-72-64(94)54(84)49(79)42(34-75)105-72)59(89)58(88)60(90)67(68)110-73-65(95)57(87)52(82)45(108-73)39-101-71-63(93)56(86)51(81)44(107-71)38-100-70-62(92)55(85)50(80)43(106-70)37-99-69-61(91)53(83)48(78)41(33-74)104-69/h8,10-11,13-14,16-18,40-45,48-75,78-95H,3-7,9,12,15,19-39H2,1-2H3,(H,96,97)/b10-8-,13-11-,16-14-,18-17-/t40-,41?,42?,43?,44?,45?,48+,49-,50+,51+,52+,53?,54?,55?,56?,57?,58+,59?,60?,61+,62+,63+,64-,65+,66-,67?,68+,69-,70-,71-,72-,73+/m1/s1. The first kappa shape index (κ1) is 97.6. The fraction of sp³-hybridized carbons (Fsp3) is 0.863. The van der Waals surface area contributed by atoms with Crippen molar-refractivity contribution >= 4 is 19.8 Å². The molecule has 5 heterocycles. The Morgan fingerprint density at radius 3 is 1.09 bits per heavy atom. The van der Waals surface area contributed by atoms with E-state index >= 15 is 0 Å². The summed E-state index contributed by atoms with van der Waals surface area (Å²) in [5, 5.41) is 217. The normalized spacial score (nSPS) is 38.4. The van der Waals surface area contributed by atoms with Gasteiger partial charge in [-0.15, -0.1) is 0 Å². The summed E-state index contributed by atoms with van der Waals surface area (Å²) >= 11 is 0. The summed E-state index contributed by atoms with van der Waals surface area (Å²) in [6.07, 6.45) is -32.1. The summed E-state index contributed by atoms with van der Waals surface area (Å²) in [6, 6.07) is 0. The zero-order chi connectivity index (χ0) is 82.2. The number of ether oxygens (including phenoxy) is 12. The highest BCUT2D eigenvalue weighted by molar-refractivity contribution is 7.47. The van der Waals surface area contributed by atoms with Crippen LogP contribution in [0.2, 0.25) is 0 Å². The Labute approximate surface area is 650 Å². The van der Waals surface area contributed by atoms with Gasteiger partial charge < -0.3 is 164 Å². The average molecular weight is 1640 g/mol. The molecule has 1 saturated carbocycles. The highest BCUT2D eigenvalue weighted by Crippen LogP contribution is 2.49. The van der Waals surface area contributed by atoms with Crippen molar-refractivity contribution in [1.82, 2.24) is 0 Å². The Kier molecular flexibility index (Phi) is 44.2. The molecule has 0 aromatic carbocycles. The van der Waals surface area contributed by atoms with Crippen LogP contribution in [0.25, 0.3) is 0 Å². The van der Waals surface area contributed by atoms with Gasteiger partial charge in [0.15, 0.2) is 37.6 Å². The molecule has 39 heteroatoms. The second-order valence-corrected chi connectivity index (χ2v) is 30.4. The Bertz CT molecular complexity index is 2790. The molecule has 0 aromatic rings. The fourth-order valence-electron chi connectivity index (χ4n) is 13.2. The Morgan fingerprint density at radius 2 is 0.688 bits per heavy atom.